The van der Waals surface area contributed by atoms with Crippen molar-refractivity contribution >= 4 is 5.91 Å². The molecule has 0 radical (unpaired) electrons. The van der Waals surface area contributed by atoms with Gasteiger partial charge in [0.2, 0.25) is 5.91 Å². The van der Waals surface area contributed by atoms with Crippen LogP contribution in [-0.2, 0) is 17.9 Å². The molecule has 0 saturated heterocycles. The van der Waals surface area contributed by atoms with Crippen LogP contribution in [0.4, 0.5) is 0 Å². The number of unbranched alkanes of at least 4 members (excludes halogenated alkanes) is 4. The highest BCUT2D eigenvalue weighted by atomic mass is 16.5. The maximum absolute atomic E-state index is 10.8. The minimum atomic E-state index is -0.197. The van der Waals surface area contributed by atoms with Gasteiger partial charge in [0.05, 0.1) is 0 Å². The Morgan fingerprint density at radius 2 is 1.23 bits per heavy atom. The summed E-state index contributed by atoms with van der Waals surface area (Å²) >= 11 is 0. The number of amides is 1. The van der Waals surface area contributed by atoms with Crippen molar-refractivity contribution in [2.24, 2.45) is 5.73 Å². The number of rotatable bonds is 8. The normalized spacial score (nSPS) is 15.7. The molecule has 0 saturated carbocycles. The molecular formula is C26H34N2O3. The Balaban J connectivity index is 1.59. The van der Waals surface area contributed by atoms with E-state index in [0.717, 1.165) is 56.8 Å². The largest absolute Gasteiger partial charge is 0.490 e. The minimum absolute atomic E-state index is 0.197. The molecule has 4 bridgehead atoms. The predicted octanol–water partition coefficient (Wildman–Crippen LogP) is 4.84. The average Bonchev–Trinajstić information content (AvgIpc) is 2.77. The number of carbonyl (C=O) groups excluding carboxylic acids is 1. The monoisotopic (exact) mass is 422 g/mol. The number of benzene rings is 2. The molecule has 5 heteroatoms. The number of hydrogen-bond donors (Lipinski definition) is 1. The van der Waals surface area contributed by atoms with Gasteiger partial charge in [-0.25, -0.2) is 0 Å². The molecule has 0 aromatic heterocycles. The van der Waals surface area contributed by atoms with Gasteiger partial charge in [-0.2, -0.15) is 0 Å². The Morgan fingerprint density at radius 3 is 1.74 bits per heavy atom. The number of nitrogens with zero attached hydrogens (tertiary/aromatic N) is 1. The van der Waals surface area contributed by atoms with Gasteiger partial charge in [0.15, 0.2) is 0 Å². The second-order valence-electron chi connectivity index (χ2n) is 8.08. The molecule has 2 aromatic carbocycles. The second kappa shape index (κ2) is 12.8. The van der Waals surface area contributed by atoms with E-state index in [1.54, 1.807) is 0 Å². The lowest BCUT2D eigenvalue weighted by molar-refractivity contribution is -0.118. The second-order valence-corrected chi connectivity index (χ2v) is 8.08. The third-order valence-electron chi connectivity index (χ3n) is 5.42. The fraction of sp³-hybridized carbons (Fsp3) is 0.423. The van der Waals surface area contributed by atoms with Gasteiger partial charge in [-0.05, 0) is 66.9 Å². The maximum Gasteiger partial charge on any atom is 0.217 e. The minimum Gasteiger partial charge on any atom is -0.490 e. The fourth-order valence-electron chi connectivity index (χ4n) is 3.70. The van der Waals surface area contributed by atoms with Gasteiger partial charge >= 0.3 is 0 Å². The van der Waals surface area contributed by atoms with Crippen LogP contribution in [0.3, 0.4) is 0 Å². The number of nitrogens with two attached hydrogens (primary N) is 1. The van der Waals surface area contributed by atoms with E-state index in [1.165, 1.54) is 17.5 Å². The first-order valence-corrected chi connectivity index (χ1v) is 11.3. The molecule has 0 atom stereocenters. The van der Waals surface area contributed by atoms with Crippen molar-refractivity contribution in [2.45, 2.75) is 51.6 Å². The van der Waals surface area contributed by atoms with Crippen LogP contribution >= 0.6 is 0 Å². The fourth-order valence-corrected chi connectivity index (χ4v) is 3.70. The standard InChI is InChI=1S/C26H34N2O3/c27-26(29)8-4-2-1-3-5-17-28-20-22-9-13-24(14-10-22)30-18-6-7-19-31-25-15-11-23(21-28)12-16-25/h6-7,9-16H,1-5,8,17-21H2,(H2,27,29)/b7-6-. The Bertz CT molecular complexity index is 760. The molecular weight excluding hydrogens is 388 g/mol. The van der Waals surface area contributed by atoms with E-state index in [2.05, 4.69) is 29.2 Å². The van der Waals surface area contributed by atoms with Crippen LogP contribution in [0.1, 0.15) is 49.7 Å². The lowest BCUT2D eigenvalue weighted by atomic mass is 10.1. The van der Waals surface area contributed by atoms with Crippen LogP contribution in [0.15, 0.2) is 60.7 Å². The summed E-state index contributed by atoms with van der Waals surface area (Å²) in [5, 5.41) is 0. The first-order valence-electron chi connectivity index (χ1n) is 11.3. The molecule has 166 valence electrons. The summed E-state index contributed by atoms with van der Waals surface area (Å²) in [5.41, 5.74) is 7.78. The zero-order chi connectivity index (χ0) is 21.7. The van der Waals surface area contributed by atoms with Crippen molar-refractivity contribution in [1.82, 2.24) is 4.90 Å². The van der Waals surface area contributed by atoms with Gasteiger partial charge in [-0.3, -0.25) is 9.69 Å². The molecule has 1 amide bonds. The molecule has 6 rings (SSSR count). The van der Waals surface area contributed by atoms with Crippen LogP contribution in [0.5, 0.6) is 11.5 Å². The summed E-state index contributed by atoms with van der Waals surface area (Å²) in [6, 6.07) is 16.8. The average molecular weight is 423 g/mol. The summed E-state index contributed by atoms with van der Waals surface area (Å²) in [5.74, 6) is 1.57. The maximum atomic E-state index is 10.8. The molecule has 2 N–H and O–H groups in total. The molecule has 0 aliphatic carbocycles. The molecule has 0 fully saturated rings. The van der Waals surface area contributed by atoms with Crippen molar-refractivity contribution in [1.29, 1.82) is 0 Å². The smallest absolute Gasteiger partial charge is 0.217 e. The number of primary amides is 1. The highest BCUT2D eigenvalue weighted by molar-refractivity contribution is 5.73. The van der Waals surface area contributed by atoms with E-state index >= 15 is 0 Å². The summed E-state index contributed by atoms with van der Waals surface area (Å²) in [4.78, 5) is 13.3. The summed E-state index contributed by atoms with van der Waals surface area (Å²) in [7, 11) is 0. The van der Waals surface area contributed by atoms with Gasteiger partial charge in [0.25, 0.3) is 0 Å². The molecule has 5 nitrogen and oxygen atoms in total. The molecule has 0 spiro atoms. The summed E-state index contributed by atoms with van der Waals surface area (Å²) < 4.78 is 11.6. The van der Waals surface area contributed by atoms with Crippen LogP contribution in [-0.4, -0.2) is 30.6 Å². The third kappa shape index (κ3) is 8.85. The zero-order valence-electron chi connectivity index (χ0n) is 18.3. The molecule has 4 aliphatic rings. The highest BCUT2D eigenvalue weighted by Gasteiger charge is 2.09. The van der Waals surface area contributed by atoms with E-state index < -0.39 is 0 Å². The number of hydrogen-bond acceptors (Lipinski definition) is 4. The number of carbonyl (C=O) groups is 1. The molecule has 2 aromatic rings. The molecule has 31 heavy (non-hydrogen) atoms. The third-order valence-corrected chi connectivity index (χ3v) is 5.42. The van der Waals surface area contributed by atoms with Crippen molar-refractivity contribution in [3.05, 3.63) is 71.8 Å². The van der Waals surface area contributed by atoms with Gasteiger partial charge in [-0.15, -0.1) is 0 Å². The Labute approximate surface area is 185 Å². The Kier molecular flexibility index (Phi) is 9.45. The SMILES string of the molecule is NC(=O)CCCCCCCN1Cc2ccc(cc2)OC/C=C\COc2ccc(cc2)C1. The van der Waals surface area contributed by atoms with Gasteiger partial charge in [-0.1, -0.05) is 43.5 Å². The van der Waals surface area contributed by atoms with E-state index in [0.29, 0.717) is 19.6 Å². The summed E-state index contributed by atoms with van der Waals surface area (Å²) in [6.45, 7) is 3.91. The highest BCUT2D eigenvalue weighted by Crippen LogP contribution is 2.18. The first kappa shape index (κ1) is 22.9. The van der Waals surface area contributed by atoms with Gasteiger partial charge < -0.3 is 15.2 Å². The van der Waals surface area contributed by atoms with E-state index in [9.17, 15) is 4.79 Å². The predicted molar refractivity (Wildman–Crippen MR) is 124 cm³/mol. The molecule has 0 unspecified atom stereocenters. The van der Waals surface area contributed by atoms with E-state index in [1.807, 2.05) is 36.4 Å². The van der Waals surface area contributed by atoms with Crippen molar-refractivity contribution < 1.29 is 14.3 Å². The van der Waals surface area contributed by atoms with Crippen molar-refractivity contribution in [3.8, 4) is 11.5 Å². The van der Waals surface area contributed by atoms with E-state index in [4.69, 9.17) is 15.2 Å². The van der Waals surface area contributed by atoms with Crippen molar-refractivity contribution in [2.75, 3.05) is 19.8 Å². The molecule has 4 heterocycles. The topological polar surface area (TPSA) is 64.8 Å². The van der Waals surface area contributed by atoms with E-state index in [-0.39, 0.29) is 5.91 Å². The quantitative estimate of drug-likeness (QED) is 0.488. The van der Waals surface area contributed by atoms with Crippen molar-refractivity contribution in [3.63, 3.8) is 0 Å². The van der Waals surface area contributed by atoms with Gasteiger partial charge in [0, 0.05) is 19.5 Å². The Hall–Kier alpha value is -2.79. The van der Waals surface area contributed by atoms with Gasteiger partial charge in [0.1, 0.15) is 24.7 Å². The first-order chi connectivity index (χ1) is 15.2. The Morgan fingerprint density at radius 1 is 0.742 bits per heavy atom. The molecule has 4 aliphatic heterocycles. The van der Waals surface area contributed by atoms with Crippen LogP contribution < -0.4 is 15.2 Å². The van der Waals surface area contributed by atoms with Crippen LogP contribution in [0, 0.1) is 0 Å². The lowest BCUT2D eigenvalue weighted by Crippen LogP contribution is -2.24. The van der Waals surface area contributed by atoms with Crippen LogP contribution in [0.25, 0.3) is 0 Å². The zero-order valence-corrected chi connectivity index (χ0v) is 18.3. The van der Waals surface area contributed by atoms with Crippen LogP contribution in [0.2, 0.25) is 0 Å². The summed E-state index contributed by atoms with van der Waals surface area (Å²) in [6.07, 6.45) is 9.89. The number of ether oxygens (including phenoxy) is 2. The lowest BCUT2D eigenvalue weighted by Gasteiger charge is -2.23.